The summed E-state index contributed by atoms with van der Waals surface area (Å²) in [6.45, 7) is 2.88. The Hall–Kier alpha value is -0.200. The molecule has 0 fully saturated rings. The van der Waals surface area contributed by atoms with Crippen molar-refractivity contribution in [2.24, 2.45) is 17.4 Å². The maximum absolute atomic E-state index is 5.03. The molecular formula is C6H23N5. The molecule has 0 aromatic rings. The van der Waals surface area contributed by atoms with Crippen LogP contribution in [0.3, 0.4) is 0 Å². The first kappa shape index (κ1) is 17.0. The monoisotopic (exact) mass is 165 g/mol. The fourth-order valence-corrected chi connectivity index (χ4v) is 0. The van der Waals surface area contributed by atoms with Gasteiger partial charge in [-0.15, -0.1) is 0 Å². The lowest BCUT2D eigenvalue weighted by molar-refractivity contribution is 0.323. The molecule has 0 amide bonds. The predicted octanol–water partition coefficient (Wildman–Crippen LogP) is -1.14. The highest BCUT2D eigenvalue weighted by atomic mass is 15.5. The van der Waals surface area contributed by atoms with Gasteiger partial charge in [-0.3, -0.25) is 22.1 Å². The van der Waals surface area contributed by atoms with Crippen molar-refractivity contribution in [3.05, 3.63) is 0 Å². The maximum Gasteiger partial charge on any atom is 0.00128 e. The number of hydrogen-bond donors (Lipinski definition) is 4. The molecular weight excluding hydrogens is 142 g/mol. The largest absolute Gasteiger partial charge is 0.330 e. The third kappa shape index (κ3) is 76.1. The van der Waals surface area contributed by atoms with Gasteiger partial charge in [0.15, 0.2) is 0 Å². The second-order valence-corrected chi connectivity index (χ2v) is 1.91. The van der Waals surface area contributed by atoms with E-state index in [4.69, 9.17) is 5.73 Å². The lowest BCUT2D eigenvalue weighted by atomic mass is 10.5. The predicted molar refractivity (Wildman–Crippen MR) is 50.5 cm³/mol. The lowest BCUT2D eigenvalue weighted by Gasteiger charge is -2.02. The van der Waals surface area contributed by atoms with E-state index in [0.717, 1.165) is 13.0 Å². The Labute approximate surface area is 69.8 Å². The molecule has 0 atom stereocenters. The number of nitrogens with one attached hydrogen (secondary N) is 1. The second kappa shape index (κ2) is 22.6. The van der Waals surface area contributed by atoms with Crippen LogP contribution < -0.4 is 22.8 Å². The second-order valence-electron chi connectivity index (χ2n) is 1.91. The number of nitrogens with zero attached hydrogens (tertiary/aromatic N) is 1. The molecule has 0 spiro atoms. The Morgan fingerprint density at radius 3 is 1.45 bits per heavy atom. The van der Waals surface area contributed by atoms with Crippen molar-refractivity contribution < 1.29 is 0 Å². The van der Waals surface area contributed by atoms with Gasteiger partial charge in [-0.05, 0) is 20.0 Å². The van der Waals surface area contributed by atoms with Gasteiger partial charge in [0.2, 0.25) is 0 Å². The van der Waals surface area contributed by atoms with Crippen LogP contribution in [0.25, 0.3) is 0 Å². The van der Waals surface area contributed by atoms with Gasteiger partial charge >= 0.3 is 0 Å². The smallest absolute Gasteiger partial charge is 0.00128 e. The fourth-order valence-electron chi connectivity index (χ4n) is 0. The summed E-state index contributed by atoms with van der Waals surface area (Å²) in [4.78, 5) is 0. The van der Waals surface area contributed by atoms with Crippen molar-refractivity contribution in [3.63, 3.8) is 0 Å². The first-order valence-corrected chi connectivity index (χ1v) is 3.57. The fraction of sp³-hybridized carbons (Fsp3) is 1.00. The maximum atomic E-state index is 5.03. The van der Waals surface area contributed by atoms with E-state index >= 15 is 0 Å². The van der Waals surface area contributed by atoms with E-state index < -0.39 is 0 Å². The molecule has 0 unspecified atom stereocenters. The summed E-state index contributed by atoms with van der Waals surface area (Å²) in [6.07, 6.45) is 1.10. The van der Waals surface area contributed by atoms with Crippen LogP contribution >= 0.6 is 0 Å². The molecule has 5 nitrogen and oxygen atoms in total. The van der Waals surface area contributed by atoms with Crippen molar-refractivity contribution in [1.29, 1.82) is 0 Å². The van der Waals surface area contributed by atoms with E-state index in [-0.39, 0.29) is 0 Å². The van der Waals surface area contributed by atoms with Gasteiger partial charge in [-0.2, -0.15) is 0 Å². The first-order valence-electron chi connectivity index (χ1n) is 3.57. The third-order valence-corrected chi connectivity index (χ3v) is 0.736. The molecule has 7 N–H and O–H groups in total. The molecule has 0 saturated heterocycles. The number of rotatable bonds is 2. The summed E-state index contributed by atoms with van der Waals surface area (Å²) in [5, 5.41) is 1.88. The average molecular weight is 165 g/mol. The molecule has 0 aromatic heterocycles. The average Bonchev–Trinajstić information content (AvgIpc) is 2.08. The Morgan fingerprint density at radius 2 is 1.45 bits per heavy atom. The van der Waals surface area contributed by atoms with Crippen molar-refractivity contribution >= 4 is 0 Å². The lowest BCUT2D eigenvalue weighted by Crippen LogP contribution is -2.25. The minimum atomic E-state index is 0.819. The van der Waals surface area contributed by atoms with Gasteiger partial charge in [0, 0.05) is 14.1 Å². The van der Waals surface area contributed by atoms with Crippen molar-refractivity contribution in [3.8, 4) is 0 Å². The molecule has 72 valence electrons. The van der Waals surface area contributed by atoms with Gasteiger partial charge in [-0.1, -0.05) is 6.92 Å². The van der Waals surface area contributed by atoms with Crippen LogP contribution in [0.5, 0.6) is 0 Å². The van der Waals surface area contributed by atoms with Crippen LogP contribution in [0.15, 0.2) is 0 Å². The zero-order valence-corrected chi connectivity index (χ0v) is 8.09. The van der Waals surface area contributed by atoms with E-state index in [1.165, 1.54) is 0 Å². The Kier molecular flexibility index (Phi) is 35.0. The molecule has 0 aliphatic carbocycles. The standard InChI is InChI=1S/C3H10N2.C3H9N.H4N2/c1-4-5(2)3;1-2-3-4;1-2/h4H,1-3H3;2-4H2,1H3;1-2H2. The Morgan fingerprint density at radius 1 is 1.27 bits per heavy atom. The highest BCUT2D eigenvalue weighted by Crippen LogP contribution is 1.57. The molecule has 0 saturated carbocycles. The van der Waals surface area contributed by atoms with Crippen LogP contribution in [0.2, 0.25) is 0 Å². The van der Waals surface area contributed by atoms with Crippen LogP contribution in [0.1, 0.15) is 13.3 Å². The molecule has 0 bridgehead atoms. The number of hydrazine groups is 2. The molecule has 0 rings (SSSR count). The van der Waals surface area contributed by atoms with Gasteiger partial charge in [0.05, 0.1) is 0 Å². The van der Waals surface area contributed by atoms with Gasteiger partial charge in [0.25, 0.3) is 0 Å². The van der Waals surface area contributed by atoms with Gasteiger partial charge in [0.1, 0.15) is 0 Å². The summed E-state index contributed by atoms with van der Waals surface area (Å²) in [6, 6.07) is 0. The molecule has 0 aliphatic heterocycles. The van der Waals surface area contributed by atoms with Gasteiger partial charge in [-0.25, -0.2) is 0 Å². The van der Waals surface area contributed by atoms with E-state index in [9.17, 15) is 0 Å². The van der Waals surface area contributed by atoms with E-state index in [1.54, 1.807) is 0 Å². The molecule has 0 radical (unpaired) electrons. The highest BCUT2D eigenvalue weighted by Gasteiger charge is 1.68. The van der Waals surface area contributed by atoms with E-state index in [1.807, 2.05) is 26.2 Å². The molecule has 5 heteroatoms. The quantitative estimate of drug-likeness (QED) is 0.306. The summed E-state index contributed by atoms with van der Waals surface area (Å²) < 4.78 is 0. The van der Waals surface area contributed by atoms with E-state index in [0.29, 0.717) is 0 Å². The van der Waals surface area contributed by atoms with Crippen LogP contribution in [0.4, 0.5) is 0 Å². The summed E-state index contributed by atoms with van der Waals surface area (Å²) in [5.74, 6) is 8.00. The number of hydrogen-bond acceptors (Lipinski definition) is 5. The molecule has 11 heavy (non-hydrogen) atoms. The SMILES string of the molecule is CCCN.CNN(C)C.NN. The van der Waals surface area contributed by atoms with Crippen LogP contribution in [-0.2, 0) is 0 Å². The number of nitrogens with two attached hydrogens (primary N) is 3. The highest BCUT2D eigenvalue weighted by molar-refractivity contribution is 4.19. The Bertz CT molecular complexity index is 38.0. The minimum Gasteiger partial charge on any atom is -0.330 e. The molecule has 0 aromatic carbocycles. The first-order chi connectivity index (χ1) is 5.18. The van der Waals surface area contributed by atoms with Crippen LogP contribution in [-0.4, -0.2) is 32.7 Å². The zero-order chi connectivity index (χ0) is 9.70. The normalized spacial score (nSPS) is 7.64. The van der Waals surface area contributed by atoms with Crippen LogP contribution in [0, 0.1) is 0 Å². The molecule has 0 heterocycles. The Balaban J connectivity index is -0.0000000965. The van der Waals surface area contributed by atoms with Crippen molar-refractivity contribution in [2.75, 3.05) is 27.7 Å². The molecule has 0 aliphatic rings. The summed E-state index contributed by atoms with van der Waals surface area (Å²) >= 11 is 0. The van der Waals surface area contributed by atoms with E-state index in [2.05, 4.69) is 24.0 Å². The third-order valence-electron chi connectivity index (χ3n) is 0.736. The summed E-state index contributed by atoms with van der Waals surface area (Å²) in [5.41, 5.74) is 7.89. The summed E-state index contributed by atoms with van der Waals surface area (Å²) in [7, 11) is 5.76. The topological polar surface area (TPSA) is 93.3 Å². The van der Waals surface area contributed by atoms with Crippen molar-refractivity contribution in [1.82, 2.24) is 10.4 Å². The van der Waals surface area contributed by atoms with Gasteiger partial charge < -0.3 is 5.73 Å². The zero-order valence-electron chi connectivity index (χ0n) is 8.09. The minimum absolute atomic E-state index is 0.819. The van der Waals surface area contributed by atoms with Crippen molar-refractivity contribution in [2.45, 2.75) is 13.3 Å².